The molecule has 5 atom stereocenters. The maximum absolute atomic E-state index is 11.3. The number of carbonyl (C=O) groups is 1. The van der Waals surface area contributed by atoms with Crippen molar-refractivity contribution in [3.05, 3.63) is 0 Å². The normalized spacial score (nSPS) is 21.7. The van der Waals surface area contributed by atoms with Gasteiger partial charge in [0.1, 0.15) is 18.3 Å². The van der Waals surface area contributed by atoms with Crippen LogP contribution >= 0.6 is 0 Å². The van der Waals surface area contributed by atoms with Crippen molar-refractivity contribution < 1.29 is 35.1 Å². The molecule has 0 heterocycles. The standard InChI is InChI=1S/C10H21NO7/c1-3-6(18-2)10(17,9(11)16)8(15)7(14)5(13)4-12/h5-8,12-15,17H,3-4H2,1-2H3,(H2,11,16). The molecule has 0 aliphatic heterocycles. The van der Waals surface area contributed by atoms with Crippen LogP contribution in [0.5, 0.6) is 0 Å². The number of aliphatic hydroxyl groups excluding tert-OH is 4. The zero-order chi connectivity index (χ0) is 14.5. The molecule has 0 aliphatic carbocycles. The molecular weight excluding hydrogens is 246 g/mol. The van der Waals surface area contributed by atoms with Crippen LogP contribution in [0.3, 0.4) is 0 Å². The van der Waals surface area contributed by atoms with Crippen molar-refractivity contribution in [2.75, 3.05) is 13.7 Å². The molecule has 0 bridgehead atoms. The summed E-state index contributed by atoms with van der Waals surface area (Å²) < 4.78 is 4.84. The van der Waals surface area contributed by atoms with E-state index < -0.39 is 42.5 Å². The van der Waals surface area contributed by atoms with Crippen molar-refractivity contribution in [3.63, 3.8) is 0 Å². The van der Waals surface area contributed by atoms with E-state index >= 15 is 0 Å². The Kier molecular flexibility index (Phi) is 6.68. The number of aliphatic hydroxyl groups is 5. The molecule has 0 radical (unpaired) electrons. The number of ether oxygens (including phenoxy) is 1. The fraction of sp³-hybridized carbons (Fsp3) is 0.900. The van der Waals surface area contributed by atoms with Crippen LogP contribution in [0, 0.1) is 0 Å². The van der Waals surface area contributed by atoms with Crippen LogP contribution in [-0.4, -0.2) is 75.2 Å². The topological polar surface area (TPSA) is 153 Å². The van der Waals surface area contributed by atoms with E-state index in [0.717, 1.165) is 0 Å². The van der Waals surface area contributed by atoms with E-state index in [4.69, 9.17) is 15.6 Å². The van der Waals surface area contributed by atoms with Crippen LogP contribution < -0.4 is 5.73 Å². The summed E-state index contributed by atoms with van der Waals surface area (Å²) in [6.07, 6.45) is -6.79. The quantitative estimate of drug-likeness (QED) is 0.269. The van der Waals surface area contributed by atoms with Crippen molar-refractivity contribution in [2.24, 2.45) is 5.73 Å². The molecule has 0 aliphatic rings. The molecule has 1 amide bonds. The maximum atomic E-state index is 11.3. The van der Waals surface area contributed by atoms with Gasteiger partial charge in [0, 0.05) is 7.11 Å². The minimum atomic E-state index is -2.57. The molecule has 0 aromatic rings. The zero-order valence-electron chi connectivity index (χ0n) is 10.4. The average Bonchev–Trinajstić information content (AvgIpc) is 2.36. The van der Waals surface area contributed by atoms with Crippen molar-refractivity contribution in [1.29, 1.82) is 0 Å². The van der Waals surface area contributed by atoms with Crippen molar-refractivity contribution >= 4 is 5.91 Å². The Morgan fingerprint density at radius 2 is 1.89 bits per heavy atom. The minimum absolute atomic E-state index is 0.134. The third-order valence-electron chi connectivity index (χ3n) is 2.90. The summed E-state index contributed by atoms with van der Waals surface area (Å²) in [7, 11) is 1.20. The van der Waals surface area contributed by atoms with Gasteiger partial charge in [0.15, 0.2) is 5.60 Å². The lowest BCUT2D eigenvalue weighted by Gasteiger charge is -2.38. The molecule has 8 nitrogen and oxygen atoms in total. The third kappa shape index (κ3) is 3.16. The van der Waals surface area contributed by atoms with Gasteiger partial charge in [0.25, 0.3) is 5.91 Å². The number of hydrogen-bond donors (Lipinski definition) is 6. The Bertz CT molecular complexity index is 271. The highest BCUT2D eigenvalue weighted by molar-refractivity contribution is 5.85. The van der Waals surface area contributed by atoms with E-state index in [1.807, 2.05) is 0 Å². The Morgan fingerprint density at radius 1 is 1.39 bits per heavy atom. The summed E-state index contributed by atoms with van der Waals surface area (Å²) in [6.45, 7) is 0.723. The summed E-state index contributed by atoms with van der Waals surface area (Å²) >= 11 is 0. The first-order chi connectivity index (χ1) is 8.27. The lowest BCUT2D eigenvalue weighted by Crippen LogP contribution is -2.66. The number of carbonyl (C=O) groups excluding carboxylic acids is 1. The number of methoxy groups -OCH3 is 1. The van der Waals surface area contributed by atoms with Crippen LogP contribution in [0.25, 0.3) is 0 Å². The second-order valence-corrected chi connectivity index (χ2v) is 4.01. The van der Waals surface area contributed by atoms with Gasteiger partial charge < -0.3 is 36.0 Å². The Labute approximate surface area is 105 Å². The lowest BCUT2D eigenvalue weighted by atomic mass is 9.83. The SMILES string of the molecule is CCC(OC)C(O)(C(N)=O)C(O)C(O)C(O)CO. The summed E-state index contributed by atoms with van der Waals surface area (Å²) in [4.78, 5) is 11.3. The van der Waals surface area contributed by atoms with Crippen LogP contribution in [0.1, 0.15) is 13.3 Å². The Morgan fingerprint density at radius 3 is 2.17 bits per heavy atom. The van der Waals surface area contributed by atoms with Crippen LogP contribution in [-0.2, 0) is 9.53 Å². The third-order valence-corrected chi connectivity index (χ3v) is 2.90. The average molecular weight is 267 g/mol. The molecule has 0 aromatic carbocycles. The number of hydrogen-bond acceptors (Lipinski definition) is 7. The molecule has 0 saturated carbocycles. The molecule has 0 fully saturated rings. The smallest absolute Gasteiger partial charge is 0.255 e. The highest BCUT2D eigenvalue weighted by atomic mass is 16.5. The molecule has 7 N–H and O–H groups in total. The van der Waals surface area contributed by atoms with Crippen molar-refractivity contribution in [2.45, 2.75) is 43.4 Å². The van der Waals surface area contributed by atoms with E-state index in [-0.39, 0.29) is 6.42 Å². The molecule has 0 spiro atoms. The van der Waals surface area contributed by atoms with Crippen LogP contribution in [0.15, 0.2) is 0 Å². The fourth-order valence-electron chi connectivity index (χ4n) is 1.73. The molecule has 18 heavy (non-hydrogen) atoms. The second-order valence-electron chi connectivity index (χ2n) is 4.01. The van der Waals surface area contributed by atoms with Crippen molar-refractivity contribution in [1.82, 2.24) is 0 Å². The van der Waals surface area contributed by atoms with Gasteiger partial charge in [-0.2, -0.15) is 0 Å². The maximum Gasteiger partial charge on any atom is 0.255 e. The Balaban J connectivity index is 5.27. The van der Waals surface area contributed by atoms with Gasteiger partial charge in [-0.15, -0.1) is 0 Å². The second kappa shape index (κ2) is 6.98. The number of primary amides is 1. The zero-order valence-corrected chi connectivity index (χ0v) is 10.4. The predicted molar refractivity (Wildman–Crippen MR) is 60.3 cm³/mol. The van der Waals surface area contributed by atoms with E-state index in [2.05, 4.69) is 0 Å². The van der Waals surface area contributed by atoms with Gasteiger partial charge in [-0.1, -0.05) is 6.92 Å². The molecule has 8 heteroatoms. The summed E-state index contributed by atoms with van der Waals surface area (Å²) in [6, 6.07) is 0. The number of amides is 1. The predicted octanol–water partition coefficient (Wildman–Crippen LogP) is -3.30. The minimum Gasteiger partial charge on any atom is -0.394 e. The van der Waals surface area contributed by atoms with Gasteiger partial charge in [-0.05, 0) is 6.42 Å². The van der Waals surface area contributed by atoms with Gasteiger partial charge in [-0.25, -0.2) is 0 Å². The monoisotopic (exact) mass is 267 g/mol. The summed E-state index contributed by atoms with van der Waals surface area (Å²) in [5, 5.41) is 47.3. The molecule has 5 unspecified atom stereocenters. The van der Waals surface area contributed by atoms with Gasteiger partial charge >= 0.3 is 0 Å². The van der Waals surface area contributed by atoms with E-state index in [9.17, 15) is 25.2 Å². The molecule has 0 saturated heterocycles. The summed E-state index contributed by atoms with van der Waals surface area (Å²) in [5.41, 5.74) is 2.45. The molecule has 0 rings (SSSR count). The van der Waals surface area contributed by atoms with Gasteiger partial charge in [-0.3, -0.25) is 4.79 Å². The highest BCUT2D eigenvalue weighted by Gasteiger charge is 2.52. The van der Waals surface area contributed by atoms with E-state index in [1.54, 1.807) is 6.92 Å². The summed E-state index contributed by atoms with van der Waals surface area (Å²) in [5.74, 6) is -1.30. The van der Waals surface area contributed by atoms with Gasteiger partial charge in [0.2, 0.25) is 0 Å². The number of rotatable bonds is 8. The van der Waals surface area contributed by atoms with Crippen LogP contribution in [0.2, 0.25) is 0 Å². The van der Waals surface area contributed by atoms with Gasteiger partial charge in [0.05, 0.1) is 12.7 Å². The molecule has 0 aromatic heterocycles. The largest absolute Gasteiger partial charge is 0.394 e. The number of nitrogens with two attached hydrogens (primary N) is 1. The van der Waals surface area contributed by atoms with Crippen LogP contribution in [0.4, 0.5) is 0 Å². The fourth-order valence-corrected chi connectivity index (χ4v) is 1.73. The lowest BCUT2D eigenvalue weighted by molar-refractivity contribution is -0.203. The first-order valence-electron chi connectivity index (χ1n) is 5.47. The van der Waals surface area contributed by atoms with E-state index in [1.165, 1.54) is 7.11 Å². The molecule has 108 valence electrons. The first-order valence-corrected chi connectivity index (χ1v) is 5.47. The van der Waals surface area contributed by atoms with E-state index in [0.29, 0.717) is 0 Å². The highest BCUT2D eigenvalue weighted by Crippen LogP contribution is 2.24. The molecular formula is C10H21NO7. The van der Waals surface area contributed by atoms with Crippen molar-refractivity contribution in [3.8, 4) is 0 Å². The first kappa shape index (κ1) is 17.2. The Hall–Kier alpha value is -0.770.